The van der Waals surface area contributed by atoms with Gasteiger partial charge < -0.3 is 15.4 Å². The lowest BCUT2D eigenvalue weighted by Crippen LogP contribution is -2.37. The van der Waals surface area contributed by atoms with Crippen molar-refractivity contribution in [1.82, 2.24) is 5.32 Å². The molecule has 3 rings (SSSR count). The molecule has 5 heteroatoms. The first-order valence-electron chi connectivity index (χ1n) is 6.08. The van der Waals surface area contributed by atoms with Crippen molar-refractivity contribution in [3.05, 3.63) is 23.8 Å². The van der Waals surface area contributed by atoms with Crippen LogP contribution in [0.2, 0.25) is 0 Å². The first-order chi connectivity index (χ1) is 8.72. The molecule has 2 aliphatic rings. The van der Waals surface area contributed by atoms with E-state index in [0.29, 0.717) is 19.4 Å². The highest BCUT2D eigenvalue weighted by Gasteiger charge is 2.27. The Morgan fingerprint density at radius 1 is 1.39 bits per heavy atom. The molecule has 0 spiro atoms. The maximum absolute atomic E-state index is 11.9. The maximum atomic E-state index is 11.9. The second-order valence-electron chi connectivity index (χ2n) is 4.57. The van der Waals surface area contributed by atoms with Crippen molar-refractivity contribution >= 4 is 17.5 Å². The van der Waals surface area contributed by atoms with Gasteiger partial charge in [0.25, 0.3) is 0 Å². The molecule has 0 saturated carbocycles. The fraction of sp³-hybridized carbons (Fsp3) is 0.385. The van der Waals surface area contributed by atoms with E-state index in [1.807, 2.05) is 18.2 Å². The predicted octanol–water partition coefficient (Wildman–Crippen LogP) is 0.839. The molecule has 2 N–H and O–H groups in total. The number of rotatable bonds is 2. The number of nitrogens with one attached hydrogen (secondary N) is 2. The Hall–Kier alpha value is -2.04. The van der Waals surface area contributed by atoms with E-state index >= 15 is 0 Å². The summed E-state index contributed by atoms with van der Waals surface area (Å²) in [5, 5.41) is 5.48. The van der Waals surface area contributed by atoms with Crippen LogP contribution in [0.15, 0.2) is 18.2 Å². The standard InChI is InChI=1S/C13H14N2O3/c16-12-4-2-10(15-12)13(17)14-9-1-3-11-8(7-9)5-6-18-11/h1,3,7,10H,2,4-6H2,(H,14,17)(H,15,16). The molecular formula is C13H14N2O3. The minimum Gasteiger partial charge on any atom is -0.493 e. The molecule has 18 heavy (non-hydrogen) atoms. The summed E-state index contributed by atoms with van der Waals surface area (Å²) in [6, 6.07) is 5.21. The van der Waals surface area contributed by atoms with Crippen molar-refractivity contribution in [2.75, 3.05) is 11.9 Å². The molecule has 0 aliphatic carbocycles. The molecule has 0 bridgehead atoms. The normalized spacial score (nSPS) is 21.1. The van der Waals surface area contributed by atoms with Gasteiger partial charge in [-0.2, -0.15) is 0 Å². The Bertz CT molecular complexity index is 513. The lowest BCUT2D eigenvalue weighted by molar-refractivity contribution is -0.122. The van der Waals surface area contributed by atoms with Crippen LogP contribution in [0, 0.1) is 0 Å². The zero-order valence-electron chi connectivity index (χ0n) is 9.86. The number of hydrogen-bond donors (Lipinski definition) is 2. The summed E-state index contributed by atoms with van der Waals surface area (Å²) in [5.74, 6) is 0.680. The third-order valence-corrected chi connectivity index (χ3v) is 3.27. The summed E-state index contributed by atoms with van der Waals surface area (Å²) >= 11 is 0. The molecule has 0 aromatic heterocycles. The van der Waals surface area contributed by atoms with E-state index in [1.54, 1.807) is 0 Å². The van der Waals surface area contributed by atoms with E-state index in [0.717, 1.165) is 23.4 Å². The van der Waals surface area contributed by atoms with Gasteiger partial charge in [0, 0.05) is 18.5 Å². The summed E-state index contributed by atoms with van der Waals surface area (Å²) < 4.78 is 5.40. The number of benzene rings is 1. The smallest absolute Gasteiger partial charge is 0.246 e. The summed E-state index contributed by atoms with van der Waals surface area (Å²) in [6.07, 6.45) is 1.87. The highest BCUT2D eigenvalue weighted by atomic mass is 16.5. The lowest BCUT2D eigenvalue weighted by Gasteiger charge is -2.11. The van der Waals surface area contributed by atoms with Crippen molar-refractivity contribution in [1.29, 1.82) is 0 Å². The van der Waals surface area contributed by atoms with E-state index in [4.69, 9.17) is 4.74 Å². The predicted molar refractivity (Wildman–Crippen MR) is 65.4 cm³/mol. The Balaban J connectivity index is 1.69. The van der Waals surface area contributed by atoms with Gasteiger partial charge >= 0.3 is 0 Å². The summed E-state index contributed by atoms with van der Waals surface area (Å²) in [7, 11) is 0. The zero-order chi connectivity index (χ0) is 12.5. The van der Waals surface area contributed by atoms with E-state index in [9.17, 15) is 9.59 Å². The molecular weight excluding hydrogens is 232 g/mol. The van der Waals surface area contributed by atoms with Gasteiger partial charge in [-0.25, -0.2) is 0 Å². The van der Waals surface area contributed by atoms with Crippen LogP contribution in [0.3, 0.4) is 0 Å². The quantitative estimate of drug-likeness (QED) is 0.812. The van der Waals surface area contributed by atoms with E-state index in [-0.39, 0.29) is 11.8 Å². The van der Waals surface area contributed by atoms with Gasteiger partial charge in [-0.1, -0.05) is 0 Å². The maximum Gasteiger partial charge on any atom is 0.246 e. The SMILES string of the molecule is O=C1CCC(C(=O)Nc2ccc3c(c2)CCO3)N1. The second kappa shape index (κ2) is 4.33. The Kier molecular flexibility index (Phi) is 2.66. The molecule has 2 amide bonds. The number of ether oxygens (including phenoxy) is 1. The average molecular weight is 246 g/mol. The van der Waals surface area contributed by atoms with Crippen molar-refractivity contribution in [2.45, 2.75) is 25.3 Å². The average Bonchev–Trinajstić information content (AvgIpc) is 2.96. The Labute approximate surface area is 105 Å². The van der Waals surface area contributed by atoms with Crippen LogP contribution in [-0.4, -0.2) is 24.5 Å². The molecule has 1 fully saturated rings. The number of fused-ring (bicyclic) bond motifs is 1. The van der Waals surface area contributed by atoms with Crippen molar-refractivity contribution in [3.63, 3.8) is 0 Å². The fourth-order valence-corrected chi connectivity index (χ4v) is 2.30. The molecule has 1 saturated heterocycles. The monoisotopic (exact) mass is 246 g/mol. The van der Waals surface area contributed by atoms with Crippen molar-refractivity contribution < 1.29 is 14.3 Å². The topological polar surface area (TPSA) is 67.4 Å². The van der Waals surface area contributed by atoms with Gasteiger partial charge in [-0.05, 0) is 30.2 Å². The summed E-state index contributed by atoms with van der Waals surface area (Å²) in [5.41, 5.74) is 1.87. The van der Waals surface area contributed by atoms with Crippen LogP contribution >= 0.6 is 0 Å². The molecule has 1 unspecified atom stereocenters. The van der Waals surface area contributed by atoms with Gasteiger partial charge in [0.1, 0.15) is 11.8 Å². The third-order valence-electron chi connectivity index (χ3n) is 3.27. The number of carbonyl (C=O) groups excluding carboxylic acids is 2. The van der Waals surface area contributed by atoms with E-state index < -0.39 is 6.04 Å². The highest BCUT2D eigenvalue weighted by Crippen LogP contribution is 2.28. The van der Waals surface area contributed by atoms with Gasteiger partial charge in [0.05, 0.1) is 6.61 Å². The Morgan fingerprint density at radius 3 is 3.06 bits per heavy atom. The van der Waals surface area contributed by atoms with Crippen molar-refractivity contribution in [2.24, 2.45) is 0 Å². The van der Waals surface area contributed by atoms with Crippen LogP contribution in [-0.2, 0) is 16.0 Å². The molecule has 1 atom stereocenters. The lowest BCUT2D eigenvalue weighted by atomic mass is 10.1. The Morgan fingerprint density at radius 2 is 2.28 bits per heavy atom. The molecule has 5 nitrogen and oxygen atoms in total. The molecule has 2 aliphatic heterocycles. The fourth-order valence-electron chi connectivity index (χ4n) is 2.30. The van der Waals surface area contributed by atoms with Crippen LogP contribution < -0.4 is 15.4 Å². The van der Waals surface area contributed by atoms with Crippen molar-refractivity contribution in [3.8, 4) is 5.75 Å². The minimum atomic E-state index is -0.401. The first-order valence-corrected chi connectivity index (χ1v) is 6.08. The van der Waals surface area contributed by atoms with E-state index in [1.165, 1.54) is 0 Å². The zero-order valence-corrected chi connectivity index (χ0v) is 9.86. The summed E-state index contributed by atoms with van der Waals surface area (Å²) in [4.78, 5) is 23.0. The number of amides is 2. The van der Waals surface area contributed by atoms with Gasteiger partial charge in [-0.3, -0.25) is 9.59 Å². The van der Waals surface area contributed by atoms with Gasteiger partial charge in [0.15, 0.2) is 0 Å². The molecule has 0 radical (unpaired) electrons. The molecule has 2 heterocycles. The van der Waals surface area contributed by atoms with Gasteiger partial charge in [0.2, 0.25) is 11.8 Å². The van der Waals surface area contributed by atoms with Crippen LogP contribution in [0.5, 0.6) is 5.75 Å². The number of hydrogen-bond acceptors (Lipinski definition) is 3. The number of carbonyl (C=O) groups is 2. The van der Waals surface area contributed by atoms with Gasteiger partial charge in [-0.15, -0.1) is 0 Å². The van der Waals surface area contributed by atoms with Crippen LogP contribution in [0.4, 0.5) is 5.69 Å². The summed E-state index contributed by atoms with van der Waals surface area (Å²) in [6.45, 7) is 0.700. The molecule has 1 aromatic carbocycles. The highest BCUT2D eigenvalue weighted by molar-refractivity contribution is 5.99. The first kappa shape index (κ1) is 11.1. The largest absolute Gasteiger partial charge is 0.493 e. The molecule has 94 valence electrons. The number of anilines is 1. The minimum absolute atomic E-state index is 0.0579. The second-order valence-corrected chi connectivity index (χ2v) is 4.57. The molecule has 1 aromatic rings. The van der Waals surface area contributed by atoms with Crippen LogP contribution in [0.1, 0.15) is 18.4 Å². The van der Waals surface area contributed by atoms with Crippen LogP contribution in [0.25, 0.3) is 0 Å². The van der Waals surface area contributed by atoms with E-state index in [2.05, 4.69) is 10.6 Å². The third kappa shape index (κ3) is 2.03.